The van der Waals surface area contributed by atoms with Crippen molar-refractivity contribution in [1.29, 1.82) is 0 Å². The Bertz CT molecular complexity index is 1060. The van der Waals surface area contributed by atoms with Crippen molar-refractivity contribution in [2.75, 3.05) is 13.7 Å². The zero-order valence-corrected chi connectivity index (χ0v) is 22.3. The van der Waals surface area contributed by atoms with Crippen molar-refractivity contribution >= 4 is 60.8 Å². The lowest BCUT2D eigenvalue weighted by Crippen LogP contribution is -2.34. The number of carbonyl (C=O) groups is 2. The molecule has 2 aliphatic rings. The molecule has 5 nitrogen and oxygen atoms in total. The molecule has 0 aromatic heterocycles. The molecule has 1 saturated heterocycles. The minimum absolute atomic E-state index is 0.186. The number of rotatable bonds is 7. The Morgan fingerprint density at radius 3 is 2.48 bits per heavy atom. The number of benzene rings is 2. The summed E-state index contributed by atoms with van der Waals surface area (Å²) in [6.45, 7) is 0.921. The summed E-state index contributed by atoms with van der Waals surface area (Å²) < 4.78 is 13.3. The molecule has 0 spiro atoms. The molecule has 174 valence electrons. The number of amides is 2. The molecule has 0 atom stereocenters. The van der Waals surface area contributed by atoms with Gasteiger partial charge in [-0.25, -0.2) is 0 Å². The standard InChI is InChI=1S/C25H25Br2NO4S/c1-31-21-11-18(20(27)13-22(21)32-15-17-7-9-19(26)10-8-17)12-23-24(29)28(25(30)33-23)14-16-5-3-2-4-6-16/h7-13,16H,2-6,14-15H2,1H3/b23-12+. The summed E-state index contributed by atoms with van der Waals surface area (Å²) in [6.07, 6.45) is 7.53. The van der Waals surface area contributed by atoms with Gasteiger partial charge in [-0.1, -0.05) is 63.3 Å². The molecule has 1 heterocycles. The van der Waals surface area contributed by atoms with Crippen LogP contribution in [-0.4, -0.2) is 29.7 Å². The molecule has 0 bridgehead atoms. The van der Waals surface area contributed by atoms with E-state index in [2.05, 4.69) is 31.9 Å². The largest absolute Gasteiger partial charge is 0.493 e. The Balaban J connectivity index is 1.49. The van der Waals surface area contributed by atoms with Gasteiger partial charge in [0.2, 0.25) is 0 Å². The van der Waals surface area contributed by atoms with Gasteiger partial charge in [-0.3, -0.25) is 14.5 Å². The molecule has 2 aromatic rings. The van der Waals surface area contributed by atoms with E-state index >= 15 is 0 Å². The number of hydrogen-bond acceptors (Lipinski definition) is 5. The summed E-state index contributed by atoms with van der Waals surface area (Å²) >= 11 is 8.01. The zero-order valence-electron chi connectivity index (χ0n) is 18.3. The van der Waals surface area contributed by atoms with E-state index in [9.17, 15) is 9.59 Å². The molecule has 4 rings (SSSR count). The second-order valence-electron chi connectivity index (χ2n) is 8.24. The van der Waals surface area contributed by atoms with E-state index in [0.29, 0.717) is 35.5 Å². The van der Waals surface area contributed by atoms with Crippen LogP contribution < -0.4 is 9.47 Å². The van der Waals surface area contributed by atoms with Gasteiger partial charge in [0.25, 0.3) is 11.1 Å². The van der Waals surface area contributed by atoms with Gasteiger partial charge in [0, 0.05) is 15.5 Å². The summed E-state index contributed by atoms with van der Waals surface area (Å²) in [7, 11) is 1.58. The lowest BCUT2D eigenvalue weighted by atomic mass is 9.89. The second kappa shape index (κ2) is 11.1. The number of imide groups is 1. The smallest absolute Gasteiger partial charge is 0.293 e. The Hall–Kier alpha value is -1.77. The Labute approximate surface area is 215 Å². The first-order chi connectivity index (χ1) is 15.9. The van der Waals surface area contributed by atoms with Crippen LogP contribution in [0.4, 0.5) is 4.79 Å². The maximum atomic E-state index is 13.0. The molecular formula is C25H25Br2NO4S. The van der Waals surface area contributed by atoms with Gasteiger partial charge in [0.1, 0.15) is 6.61 Å². The normalized spacial score (nSPS) is 18.3. The van der Waals surface area contributed by atoms with E-state index in [4.69, 9.17) is 9.47 Å². The Morgan fingerprint density at radius 1 is 1.06 bits per heavy atom. The molecule has 0 unspecified atom stereocenters. The van der Waals surface area contributed by atoms with E-state index in [1.54, 1.807) is 13.2 Å². The van der Waals surface area contributed by atoms with Gasteiger partial charge in [-0.2, -0.15) is 0 Å². The number of thioether (sulfide) groups is 1. The van der Waals surface area contributed by atoms with Gasteiger partial charge in [-0.05, 0) is 72.0 Å². The van der Waals surface area contributed by atoms with Crippen LogP contribution in [0.5, 0.6) is 11.5 Å². The van der Waals surface area contributed by atoms with Crippen LogP contribution in [0.15, 0.2) is 50.2 Å². The van der Waals surface area contributed by atoms with Crippen LogP contribution in [0.3, 0.4) is 0 Å². The lowest BCUT2D eigenvalue weighted by Gasteiger charge is -2.25. The van der Waals surface area contributed by atoms with E-state index in [1.165, 1.54) is 24.2 Å². The van der Waals surface area contributed by atoms with E-state index in [1.807, 2.05) is 36.4 Å². The lowest BCUT2D eigenvalue weighted by molar-refractivity contribution is -0.123. The molecule has 2 amide bonds. The molecule has 1 aliphatic heterocycles. The third-order valence-corrected chi connectivity index (χ3v) is 8.04. The fraction of sp³-hybridized carbons (Fsp3) is 0.360. The molecule has 0 N–H and O–H groups in total. The Morgan fingerprint density at radius 2 is 1.79 bits per heavy atom. The van der Waals surface area contributed by atoms with Crippen LogP contribution in [0.25, 0.3) is 6.08 Å². The predicted molar refractivity (Wildman–Crippen MR) is 138 cm³/mol. The molecule has 2 fully saturated rings. The van der Waals surface area contributed by atoms with Crippen molar-refractivity contribution in [3.05, 3.63) is 61.4 Å². The first-order valence-corrected chi connectivity index (χ1v) is 13.3. The number of methoxy groups -OCH3 is 1. The van der Waals surface area contributed by atoms with Crippen molar-refractivity contribution in [3.8, 4) is 11.5 Å². The minimum Gasteiger partial charge on any atom is -0.493 e. The fourth-order valence-electron chi connectivity index (χ4n) is 4.10. The van der Waals surface area contributed by atoms with E-state index in [0.717, 1.165) is 44.7 Å². The van der Waals surface area contributed by atoms with Gasteiger partial charge < -0.3 is 9.47 Å². The molecular weight excluding hydrogens is 570 g/mol. The molecule has 33 heavy (non-hydrogen) atoms. The van der Waals surface area contributed by atoms with E-state index < -0.39 is 0 Å². The SMILES string of the molecule is COc1cc(/C=C2/SC(=O)N(CC3CCCCC3)C2=O)c(Br)cc1OCc1ccc(Br)cc1. The highest BCUT2D eigenvalue weighted by atomic mass is 79.9. The van der Waals surface area contributed by atoms with Crippen LogP contribution in [-0.2, 0) is 11.4 Å². The monoisotopic (exact) mass is 593 g/mol. The average Bonchev–Trinajstić information content (AvgIpc) is 3.08. The maximum Gasteiger partial charge on any atom is 0.293 e. The van der Waals surface area contributed by atoms with Crippen LogP contribution >= 0.6 is 43.6 Å². The van der Waals surface area contributed by atoms with E-state index in [-0.39, 0.29) is 11.1 Å². The number of hydrogen-bond donors (Lipinski definition) is 0. The van der Waals surface area contributed by atoms with Crippen LogP contribution in [0, 0.1) is 5.92 Å². The van der Waals surface area contributed by atoms with Gasteiger partial charge >= 0.3 is 0 Å². The molecule has 8 heteroatoms. The van der Waals surface area contributed by atoms with Gasteiger partial charge in [0.05, 0.1) is 12.0 Å². The molecule has 0 radical (unpaired) electrons. The highest BCUT2D eigenvalue weighted by Gasteiger charge is 2.36. The van der Waals surface area contributed by atoms with Crippen molar-refractivity contribution < 1.29 is 19.1 Å². The van der Waals surface area contributed by atoms with Crippen molar-refractivity contribution in [3.63, 3.8) is 0 Å². The summed E-state index contributed by atoms with van der Waals surface area (Å²) in [4.78, 5) is 27.3. The number of nitrogens with zero attached hydrogens (tertiary/aromatic N) is 1. The van der Waals surface area contributed by atoms with Gasteiger partial charge in [0.15, 0.2) is 11.5 Å². The number of ether oxygens (including phenoxy) is 2. The maximum absolute atomic E-state index is 13.0. The van der Waals surface area contributed by atoms with Crippen molar-refractivity contribution in [2.24, 2.45) is 5.92 Å². The van der Waals surface area contributed by atoms with Crippen LogP contribution in [0.1, 0.15) is 43.2 Å². The summed E-state index contributed by atoms with van der Waals surface area (Å²) in [5.41, 5.74) is 1.79. The topological polar surface area (TPSA) is 55.8 Å². The fourth-order valence-corrected chi connectivity index (χ4v) is 5.64. The quantitative estimate of drug-likeness (QED) is 0.312. The predicted octanol–water partition coefficient (Wildman–Crippen LogP) is 7.42. The van der Waals surface area contributed by atoms with Gasteiger partial charge in [-0.15, -0.1) is 0 Å². The molecule has 1 saturated carbocycles. The highest BCUT2D eigenvalue weighted by molar-refractivity contribution is 9.10. The average molecular weight is 595 g/mol. The first-order valence-electron chi connectivity index (χ1n) is 10.9. The number of carbonyl (C=O) groups excluding carboxylic acids is 2. The molecule has 2 aromatic carbocycles. The summed E-state index contributed by atoms with van der Waals surface area (Å²) in [5.74, 6) is 1.36. The van der Waals surface area contributed by atoms with Crippen molar-refractivity contribution in [1.82, 2.24) is 4.90 Å². The Kier molecular flexibility index (Phi) is 8.20. The molecule has 1 aliphatic carbocycles. The second-order valence-corrected chi connectivity index (χ2v) is 11.0. The first kappa shape index (κ1) is 24.4. The third-order valence-electron chi connectivity index (χ3n) is 5.92. The minimum atomic E-state index is -0.211. The third kappa shape index (κ3) is 6.03. The zero-order chi connectivity index (χ0) is 23.4. The summed E-state index contributed by atoms with van der Waals surface area (Å²) in [5, 5.41) is -0.186. The summed E-state index contributed by atoms with van der Waals surface area (Å²) in [6, 6.07) is 11.6. The van der Waals surface area contributed by atoms with Crippen LogP contribution in [0.2, 0.25) is 0 Å². The van der Waals surface area contributed by atoms with Crippen molar-refractivity contribution in [2.45, 2.75) is 38.7 Å². The highest BCUT2D eigenvalue weighted by Crippen LogP contribution is 2.39. The number of halogens is 2.